The van der Waals surface area contributed by atoms with Crippen LogP contribution in [0.5, 0.6) is 0 Å². The van der Waals surface area contributed by atoms with E-state index in [0.717, 1.165) is 43.2 Å². The van der Waals surface area contributed by atoms with Gasteiger partial charge in [0.2, 0.25) is 0 Å². The third-order valence-electron chi connectivity index (χ3n) is 3.70. The van der Waals surface area contributed by atoms with Gasteiger partial charge in [0.25, 0.3) is 0 Å². The van der Waals surface area contributed by atoms with Crippen LogP contribution >= 0.6 is 11.8 Å². The second-order valence-corrected chi connectivity index (χ2v) is 6.27. The maximum absolute atomic E-state index is 5.40. The number of guanidine groups is 1. The Kier molecular flexibility index (Phi) is 9.79. The van der Waals surface area contributed by atoms with Gasteiger partial charge in [-0.1, -0.05) is 19.0 Å². The Hall–Kier alpha value is -1.17. The summed E-state index contributed by atoms with van der Waals surface area (Å²) in [5, 5.41) is 10.8. The molecule has 5 nitrogen and oxygen atoms in total. The molecule has 0 aromatic carbocycles. The Balaban J connectivity index is 2.34. The SMILES string of the molecule is CCC(CC)c1cc(CNC(=NC)NCCCCSC)on1. The second-order valence-electron chi connectivity index (χ2n) is 5.28. The average Bonchev–Trinajstić information content (AvgIpc) is 3.00. The van der Waals surface area contributed by atoms with Crippen molar-refractivity contribution in [1.29, 1.82) is 0 Å². The highest BCUT2D eigenvalue weighted by atomic mass is 32.2. The molecule has 2 N–H and O–H groups in total. The van der Waals surface area contributed by atoms with E-state index in [1.54, 1.807) is 7.05 Å². The van der Waals surface area contributed by atoms with Crippen molar-refractivity contribution >= 4 is 17.7 Å². The maximum Gasteiger partial charge on any atom is 0.191 e. The molecule has 0 saturated carbocycles. The van der Waals surface area contributed by atoms with Gasteiger partial charge < -0.3 is 15.2 Å². The van der Waals surface area contributed by atoms with Gasteiger partial charge in [-0.2, -0.15) is 11.8 Å². The number of unbranched alkanes of at least 4 members (excludes halogenated alkanes) is 1. The van der Waals surface area contributed by atoms with Crippen molar-refractivity contribution in [2.75, 3.05) is 25.6 Å². The number of nitrogens with one attached hydrogen (secondary N) is 2. The molecule has 1 aromatic heterocycles. The number of aliphatic imine (C=N–C) groups is 1. The van der Waals surface area contributed by atoms with Gasteiger partial charge in [-0.25, -0.2) is 0 Å². The summed E-state index contributed by atoms with van der Waals surface area (Å²) < 4.78 is 5.40. The fraction of sp³-hybridized carbons (Fsp3) is 0.750. The molecule has 0 radical (unpaired) electrons. The lowest BCUT2D eigenvalue weighted by atomic mass is 9.99. The number of hydrogen-bond donors (Lipinski definition) is 2. The van der Waals surface area contributed by atoms with E-state index in [9.17, 15) is 0 Å². The van der Waals surface area contributed by atoms with Gasteiger partial charge in [0.1, 0.15) is 0 Å². The van der Waals surface area contributed by atoms with Gasteiger partial charge in [0, 0.05) is 25.6 Å². The normalized spacial score (nSPS) is 12.0. The van der Waals surface area contributed by atoms with E-state index < -0.39 is 0 Å². The van der Waals surface area contributed by atoms with Gasteiger partial charge in [-0.3, -0.25) is 4.99 Å². The highest BCUT2D eigenvalue weighted by molar-refractivity contribution is 7.98. The minimum Gasteiger partial charge on any atom is -0.359 e. The van der Waals surface area contributed by atoms with Crippen LogP contribution in [-0.4, -0.2) is 36.7 Å². The first-order chi connectivity index (χ1) is 10.7. The van der Waals surface area contributed by atoms with Crippen LogP contribution in [0.1, 0.15) is 56.9 Å². The lowest BCUT2D eigenvalue weighted by Crippen LogP contribution is -2.37. The van der Waals surface area contributed by atoms with Crippen LogP contribution < -0.4 is 10.6 Å². The molecule has 0 amide bonds. The van der Waals surface area contributed by atoms with Gasteiger partial charge in [-0.15, -0.1) is 0 Å². The van der Waals surface area contributed by atoms with Gasteiger partial charge in [0.15, 0.2) is 11.7 Å². The van der Waals surface area contributed by atoms with E-state index in [0.29, 0.717) is 12.5 Å². The first-order valence-electron chi connectivity index (χ1n) is 8.14. The molecule has 1 rings (SSSR count). The topological polar surface area (TPSA) is 62.5 Å². The zero-order chi connectivity index (χ0) is 16.2. The summed E-state index contributed by atoms with van der Waals surface area (Å²) in [5.74, 6) is 3.37. The fourth-order valence-corrected chi connectivity index (χ4v) is 2.77. The minimum absolute atomic E-state index is 0.492. The number of thioether (sulfide) groups is 1. The second kappa shape index (κ2) is 11.4. The van der Waals surface area contributed by atoms with E-state index in [-0.39, 0.29) is 0 Å². The van der Waals surface area contributed by atoms with Crippen LogP contribution in [-0.2, 0) is 6.54 Å². The Labute approximate surface area is 138 Å². The van der Waals surface area contributed by atoms with Crippen molar-refractivity contribution < 1.29 is 4.52 Å². The molecule has 0 spiro atoms. The smallest absolute Gasteiger partial charge is 0.191 e. The summed E-state index contributed by atoms with van der Waals surface area (Å²) in [6.45, 7) is 5.92. The van der Waals surface area contributed by atoms with E-state index in [1.165, 1.54) is 12.2 Å². The number of hydrogen-bond acceptors (Lipinski definition) is 4. The fourth-order valence-electron chi connectivity index (χ4n) is 2.28. The van der Waals surface area contributed by atoms with Crippen molar-refractivity contribution in [1.82, 2.24) is 15.8 Å². The van der Waals surface area contributed by atoms with Gasteiger partial charge in [0.05, 0.1) is 12.2 Å². The Morgan fingerprint density at radius 1 is 1.32 bits per heavy atom. The highest BCUT2D eigenvalue weighted by Gasteiger charge is 2.12. The van der Waals surface area contributed by atoms with Crippen LogP contribution in [0, 0.1) is 0 Å². The maximum atomic E-state index is 5.40. The molecule has 1 heterocycles. The summed E-state index contributed by atoms with van der Waals surface area (Å²) in [7, 11) is 1.78. The molecule has 1 aromatic rings. The molecule has 0 aliphatic rings. The number of nitrogens with zero attached hydrogens (tertiary/aromatic N) is 2. The van der Waals surface area contributed by atoms with Gasteiger partial charge >= 0.3 is 0 Å². The molecule has 0 saturated heterocycles. The predicted octanol–water partition coefficient (Wildman–Crippen LogP) is 3.39. The molecule has 0 fully saturated rings. The number of aromatic nitrogens is 1. The summed E-state index contributed by atoms with van der Waals surface area (Å²) >= 11 is 1.89. The number of rotatable bonds is 10. The molecule has 126 valence electrons. The first-order valence-corrected chi connectivity index (χ1v) is 9.53. The Bertz CT molecular complexity index is 430. The average molecular weight is 327 g/mol. The largest absolute Gasteiger partial charge is 0.359 e. The van der Waals surface area contributed by atoms with Crippen LogP contribution in [0.3, 0.4) is 0 Å². The third-order valence-corrected chi connectivity index (χ3v) is 4.40. The zero-order valence-electron chi connectivity index (χ0n) is 14.3. The van der Waals surface area contributed by atoms with Crippen LogP contribution in [0.25, 0.3) is 0 Å². The van der Waals surface area contributed by atoms with Crippen LogP contribution in [0.4, 0.5) is 0 Å². The van der Waals surface area contributed by atoms with E-state index in [1.807, 2.05) is 11.8 Å². The third kappa shape index (κ3) is 6.73. The summed E-state index contributed by atoms with van der Waals surface area (Å²) in [6.07, 6.45) is 6.71. The standard InChI is InChI=1S/C16H30N4OS/c1-5-13(6-2)15-11-14(21-20-15)12-19-16(17-3)18-9-7-8-10-22-4/h11,13H,5-10,12H2,1-4H3,(H2,17,18,19). The molecular formula is C16H30N4OS. The highest BCUT2D eigenvalue weighted by Crippen LogP contribution is 2.22. The Morgan fingerprint density at radius 3 is 2.73 bits per heavy atom. The monoisotopic (exact) mass is 326 g/mol. The Morgan fingerprint density at radius 2 is 2.09 bits per heavy atom. The summed E-state index contributed by atoms with van der Waals surface area (Å²) in [5.41, 5.74) is 1.06. The van der Waals surface area contributed by atoms with Crippen LogP contribution in [0.15, 0.2) is 15.6 Å². The van der Waals surface area contributed by atoms with Gasteiger partial charge in [-0.05, 0) is 37.7 Å². The summed E-state index contributed by atoms with van der Waals surface area (Å²) in [6, 6.07) is 2.05. The lowest BCUT2D eigenvalue weighted by molar-refractivity contribution is 0.368. The van der Waals surface area contributed by atoms with Crippen molar-refractivity contribution in [3.63, 3.8) is 0 Å². The molecule has 0 unspecified atom stereocenters. The predicted molar refractivity (Wildman–Crippen MR) is 95.6 cm³/mol. The first kappa shape index (κ1) is 18.9. The minimum atomic E-state index is 0.492. The molecular weight excluding hydrogens is 296 g/mol. The lowest BCUT2D eigenvalue weighted by Gasteiger charge is -2.10. The zero-order valence-corrected chi connectivity index (χ0v) is 15.1. The van der Waals surface area contributed by atoms with Crippen molar-refractivity contribution in [3.05, 3.63) is 17.5 Å². The van der Waals surface area contributed by atoms with E-state index in [2.05, 4.69) is 47.0 Å². The van der Waals surface area contributed by atoms with E-state index in [4.69, 9.17) is 4.52 Å². The summed E-state index contributed by atoms with van der Waals surface area (Å²) in [4.78, 5) is 4.22. The van der Waals surface area contributed by atoms with Crippen LogP contribution in [0.2, 0.25) is 0 Å². The van der Waals surface area contributed by atoms with Crippen molar-refractivity contribution in [2.45, 2.75) is 52.0 Å². The molecule has 6 heteroatoms. The molecule has 0 aliphatic heterocycles. The molecule has 22 heavy (non-hydrogen) atoms. The van der Waals surface area contributed by atoms with E-state index >= 15 is 0 Å². The molecule has 0 aliphatic carbocycles. The molecule has 0 atom stereocenters. The van der Waals surface area contributed by atoms with Crippen molar-refractivity contribution in [3.8, 4) is 0 Å². The quantitative estimate of drug-likeness (QED) is 0.392. The van der Waals surface area contributed by atoms with Crippen molar-refractivity contribution in [2.24, 2.45) is 4.99 Å². The molecule has 0 bridgehead atoms.